The fourth-order valence-corrected chi connectivity index (χ4v) is 3.83. The number of carbonyl (C=O) groups is 2. The molecular formula is C19H21ClN2O4S. The number of esters is 1. The smallest absolute Gasteiger partial charge is 0.351 e. The van der Waals surface area contributed by atoms with E-state index in [0.717, 1.165) is 25.9 Å². The average Bonchev–Trinajstić information content (AvgIpc) is 3.30. The van der Waals surface area contributed by atoms with Crippen LogP contribution in [0.2, 0.25) is 5.02 Å². The van der Waals surface area contributed by atoms with Gasteiger partial charge in [-0.05, 0) is 51.0 Å². The van der Waals surface area contributed by atoms with Crippen molar-refractivity contribution in [3.63, 3.8) is 0 Å². The number of rotatable bonds is 6. The zero-order valence-electron chi connectivity index (χ0n) is 15.2. The molecule has 0 unspecified atom stereocenters. The molecule has 2 aromatic rings. The van der Waals surface area contributed by atoms with Gasteiger partial charge in [-0.2, -0.15) is 0 Å². The minimum atomic E-state index is -0.800. The van der Waals surface area contributed by atoms with E-state index in [1.165, 1.54) is 11.3 Å². The van der Waals surface area contributed by atoms with Crippen LogP contribution in [0.15, 0.2) is 24.3 Å². The topological polar surface area (TPSA) is 68.7 Å². The van der Waals surface area contributed by atoms with Crippen molar-refractivity contribution >= 4 is 34.8 Å². The molecule has 0 radical (unpaired) electrons. The van der Waals surface area contributed by atoms with E-state index < -0.39 is 12.1 Å². The number of halogens is 1. The highest BCUT2D eigenvalue weighted by Gasteiger charge is 2.27. The number of nitrogens with zero attached hydrogens (tertiary/aromatic N) is 2. The normalized spacial score (nSPS) is 14.9. The molecule has 1 aromatic carbocycles. The van der Waals surface area contributed by atoms with Gasteiger partial charge in [0.05, 0.1) is 5.69 Å². The fourth-order valence-electron chi connectivity index (χ4n) is 2.84. The SMILES string of the molecule is Cc1nc(COc2ccc(Cl)cc2)sc1C(=O)O[C@@H](C)C(=O)N1CCCC1. The lowest BCUT2D eigenvalue weighted by atomic mass is 10.3. The molecule has 0 N–H and O–H groups in total. The number of carbonyl (C=O) groups excluding carboxylic acids is 2. The number of ether oxygens (including phenoxy) is 2. The van der Waals surface area contributed by atoms with Gasteiger partial charge in [0.1, 0.15) is 22.2 Å². The minimum Gasteiger partial charge on any atom is -0.486 e. The molecule has 8 heteroatoms. The lowest BCUT2D eigenvalue weighted by Gasteiger charge is -2.20. The molecule has 1 fully saturated rings. The Balaban J connectivity index is 1.58. The second kappa shape index (κ2) is 8.71. The largest absolute Gasteiger partial charge is 0.486 e. The second-order valence-corrected chi connectivity index (χ2v) is 7.86. The van der Waals surface area contributed by atoms with E-state index in [1.54, 1.807) is 43.0 Å². The van der Waals surface area contributed by atoms with Crippen LogP contribution in [0, 0.1) is 6.92 Å². The van der Waals surface area contributed by atoms with E-state index in [2.05, 4.69) is 4.98 Å². The highest BCUT2D eigenvalue weighted by Crippen LogP contribution is 2.23. The third-order valence-electron chi connectivity index (χ3n) is 4.25. The van der Waals surface area contributed by atoms with E-state index in [-0.39, 0.29) is 12.5 Å². The van der Waals surface area contributed by atoms with Crippen LogP contribution in [-0.2, 0) is 16.1 Å². The molecule has 6 nitrogen and oxygen atoms in total. The molecule has 3 rings (SSSR count). The molecule has 1 aliphatic heterocycles. The van der Waals surface area contributed by atoms with Crippen LogP contribution in [0.3, 0.4) is 0 Å². The summed E-state index contributed by atoms with van der Waals surface area (Å²) < 4.78 is 11.0. The fraction of sp³-hybridized carbons (Fsp3) is 0.421. The third kappa shape index (κ3) is 4.99. The standard InChI is InChI=1S/C19H21ClN2O4S/c1-12-17(19(24)26-13(2)18(23)22-9-3-4-10-22)27-16(21-12)11-25-15-7-5-14(20)6-8-15/h5-8,13H,3-4,9-11H2,1-2H3/t13-/m0/s1. The van der Waals surface area contributed by atoms with E-state index in [0.29, 0.717) is 26.4 Å². The van der Waals surface area contributed by atoms with Crippen molar-refractivity contribution in [3.05, 3.63) is 44.9 Å². The van der Waals surface area contributed by atoms with Crippen molar-refractivity contribution in [2.24, 2.45) is 0 Å². The minimum absolute atomic E-state index is 0.144. The van der Waals surface area contributed by atoms with Crippen LogP contribution in [0.4, 0.5) is 0 Å². The molecule has 0 spiro atoms. The van der Waals surface area contributed by atoms with E-state index in [9.17, 15) is 9.59 Å². The summed E-state index contributed by atoms with van der Waals surface area (Å²) in [6, 6.07) is 7.02. The van der Waals surface area contributed by atoms with Crippen molar-refractivity contribution in [2.75, 3.05) is 13.1 Å². The Morgan fingerprint density at radius 2 is 1.93 bits per heavy atom. The molecule has 1 amide bonds. The average molecular weight is 409 g/mol. The summed E-state index contributed by atoms with van der Waals surface area (Å²) in [5, 5.41) is 1.29. The molecule has 1 saturated heterocycles. The maximum atomic E-state index is 12.4. The summed E-state index contributed by atoms with van der Waals surface area (Å²) in [6.45, 7) is 5.05. The van der Waals surface area contributed by atoms with Crippen molar-refractivity contribution in [2.45, 2.75) is 39.4 Å². The summed E-state index contributed by atoms with van der Waals surface area (Å²) in [7, 11) is 0. The number of amides is 1. The van der Waals surface area contributed by atoms with Gasteiger partial charge in [-0.15, -0.1) is 11.3 Å². The van der Waals surface area contributed by atoms with Crippen LogP contribution in [0.25, 0.3) is 0 Å². The highest BCUT2D eigenvalue weighted by molar-refractivity contribution is 7.13. The molecule has 1 aliphatic rings. The van der Waals surface area contributed by atoms with Gasteiger partial charge in [-0.3, -0.25) is 4.79 Å². The molecule has 0 aliphatic carbocycles. The van der Waals surface area contributed by atoms with Gasteiger partial charge < -0.3 is 14.4 Å². The predicted octanol–water partition coefficient (Wildman–Crippen LogP) is 3.85. The highest BCUT2D eigenvalue weighted by atomic mass is 35.5. The Bertz CT molecular complexity index is 816. The van der Waals surface area contributed by atoms with Gasteiger partial charge in [0, 0.05) is 18.1 Å². The number of hydrogen-bond donors (Lipinski definition) is 0. The molecular weight excluding hydrogens is 388 g/mol. The van der Waals surface area contributed by atoms with Gasteiger partial charge in [0.25, 0.3) is 5.91 Å². The third-order valence-corrected chi connectivity index (χ3v) is 5.61. The van der Waals surface area contributed by atoms with Crippen molar-refractivity contribution in [3.8, 4) is 5.75 Å². The summed E-state index contributed by atoms with van der Waals surface area (Å²) in [4.78, 5) is 31.2. The van der Waals surface area contributed by atoms with Gasteiger partial charge >= 0.3 is 5.97 Å². The quantitative estimate of drug-likeness (QED) is 0.679. The summed E-state index contributed by atoms with van der Waals surface area (Å²) in [6.07, 6.45) is 1.19. The Kier molecular flexibility index (Phi) is 6.34. The van der Waals surface area contributed by atoms with Crippen LogP contribution in [0.5, 0.6) is 5.75 Å². The number of thiazole rings is 1. The first kappa shape index (κ1) is 19.6. The Morgan fingerprint density at radius 3 is 2.59 bits per heavy atom. The molecule has 0 saturated carbocycles. The summed E-state index contributed by atoms with van der Waals surface area (Å²) in [5.41, 5.74) is 0.570. The second-order valence-electron chi connectivity index (χ2n) is 6.34. The van der Waals surface area contributed by atoms with E-state index in [4.69, 9.17) is 21.1 Å². The van der Waals surface area contributed by atoms with Crippen molar-refractivity contribution in [1.82, 2.24) is 9.88 Å². The first-order valence-corrected chi connectivity index (χ1v) is 9.98. The van der Waals surface area contributed by atoms with E-state index in [1.807, 2.05) is 0 Å². The number of likely N-dealkylation sites (tertiary alicyclic amines) is 1. The zero-order valence-corrected chi connectivity index (χ0v) is 16.8. The first-order valence-electron chi connectivity index (χ1n) is 8.78. The lowest BCUT2D eigenvalue weighted by Crippen LogP contribution is -2.38. The van der Waals surface area contributed by atoms with Gasteiger partial charge in [-0.25, -0.2) is 9.78 Å². The Hall–Kier alpha value is -2.12. The molecule has 144 valence electrons. The Morgan fingerprint density at radius 1 is 1.26 bits per heavy atom. The summed E-state index contributed by atoms with van der Waals surface area (Å²) >= 11 is 7.06. The maximum absolute atomic E-state index is 12.4. The maximum Gasteiger partial charge on any atom is 0.351 e. The van der Waals surface area contributed by atoms with Crippen LogP contribution < -0.4 is 4.74 Å². The number of benzene rings is 1. The van der Waals surface area contributed by atoms with E-state index >= 15 is 0 Å². The summed E-state index contributed by atoms with van der Waals surface area (Å²) in [5.74, 6) is -0.00156. The van der Waals surface area contributed by atoms with Gasteiger partial charge in [-0.1, -0.05) is 11.6 Å². The van der Waals surface area contributed by atoms with Gasteiger partial charge in [0.15, 0.2) is 6.10 Å². The molecule has 1 atom stereocenters. The molecule has 1 aromatic heterocycles. The zero-order chi connectivity index (χ0) is 19.4. The molecule has 2 heterocycles. The molecule has 0 bridgehead atoms. The van der Waals surface area contributed by atoms with Gasteiger partial charge in [0.2, 0.25) is 0 Å². The first-order chi connectivity index (χ1) is 12.9. The number of aromatic nitrogens is 1. The van der Waals surface area contributed by atoms with Crippen molar-refractivity contribution in [1.29, 1.82) is 0 Å². The monoisotopic (exact) mass is 408 g/mol. The number of hydrogen-bond acceptors (Lipinski definition) is 6. The predicted molar refractivity (Wildman–Crippen MR) is 103 cm³/mol. The van der Waals surface area contributed by atoms with Crippen molar-refractivity contribution < 1.29 is 19.1 Å². The Labute approximate surface area is 167 Å². The molecule has 27 heavy (non-hydrogen) atoms. The number of aryl methyl sites for hydroxylation is 1. The van der Waals surface area contributed by atoms with Crippen LogP contribution in [-0.4, -0.2) is 41.0 Å². The van der Waals surface area contributed by atoms with Crippen LogP contribution >= 0.6 is 22.9 Å². The lowest BCUT2D eigenvalue weighted by molar-refractivity contribution is -0.138. The van der Waals surface area contributed by atoms with Crippen LogP contribution in [0.1, 0.15) is 40.1 Å².